The van der Waals surface area contributed by atoms with Crippen LogP contribution in [0.5, 0.6) is 0 Å². The molecule has 0 saturated heterocycles. The number of rotatable bonds is 24. The summed E-state index contributed by atoms with van der Waals surface area (Å²) in [7, 11) is 0. The fourth-order valence-corrected chi connectivity index (χ4v) is 4.29. The molecule has 0 aliphatic heterocycles. The number of nitrogens with zero attached hydrogens (tertiary/aromatic N) is 3. The normalized spacial score (nSPS) is 11.1. The Labute approximate surface area is 209 Å². The van der Waals surface area contributed by atoms with E-state index in [1.54, 1.807) is 0 Å². The molecule has 0 unspecified atom stereocenters. The molecule has 1 rings (SSSR count). The van der Waals surface area contributed by atoms with Gasteiger partial charge in [0.25, 0.3) is 0 Å². The molecule has 0 aromatic carbocycles. The average Bonchev–Trinajstić information content (AvgIpc) is 2.80. The molecule has 0 spiro atoms. The van der Waals surface area contributed by atoms with Gasteiger partial charge < -0.3 is 10.6 Å². The van der Waals surface area contributed by atoms with Crippen molar-refractivity contribution in [2.75, 3.05) is 23.7 Å². The van der Waals surface area contributed by atoms with Crippen LogP contribution in [0.3, 0.4) is 0 Å². The first-order chi connectivity index (χ1) is 16.3. The van der Waals surface area contributed by atoms with Crippen molar-refractivity contribution in [2.45, 2.75) is 142 Å². The standard InChI is InChI=1S/C27H52ClN5/c1-3-5-7-9-11-13-15-17-19-21-23-29-26-31-25(28)32-27(33-26)30-24-22-20-18-16-14-12-10-8-6-4-2/h3-24H2,1-2H3,(H2,29,30,31,32,33). The van der Waals surface area contributed by atoms with Crippen molar-refractivity contribution in [2.24, 2.45) is 0 Å². The number of unbranched alkanes of at least 4 members (excludes halogenated alkanes) is 18. The highest BCUT2D eigenvalue weighted by molar-refractivity contribution is 6.28. The van der Waals surface area contributed by atoms with E-state index in [9.17, 15) is 0 Å². The highest BCUT2D eigenvalue weighted by Gasteiger charge is 2.04. The van der Waals surface area contributed by atoms with Gasteiger partial charge in [0.05, 0.1) is 0 Å². The van der Waals surface area contributed by atoms with Crippen LogP contribution in [0, 0.1) is 0 Å². The zero-order valence-corrected chi connectivity index (χ0v) is 22.5. The molecule has 5 nitrogen and oxygen atoms in total. The average molecular weight is 482 g/mol. The minimum atomic E-state index is 0.251. The third kappa shape index (κ3) is 19.0. The molecular formula is C27H52ClN5. The van der Waals surface area contributed by atoms with Crippen molar-refractivity contribution in [3.63, 3.8) is 0 Å². The van der Waals surface area contributed by atoms with E-state index in [-0.39, 0.29) is 5.28 Å². The minimum Gasteiger partial charge on any atom is -0.354 e. The van der Waals surface area contributed by atoms with E-state index >= 15 is 0 Å². The molecule has 192 valence electrons. The topological polar surface area (TPSA) is 62.7 Å². The van der Waals surface area contributed by atoms with Gasteiger partial charge in [-0.25, -0.2) is 0 Å². The lowest BCUT2D eigenvalue weighted by atomic mass is 10.1. The molecule has 2 N–H and O–H groups in total. The third-order valence-corrected chi connectivity index (χ3v) is 6.40. The maximum absolute atomic E-state index is 6.09. The Kier molecular flexibility index (Phi) is 20.6. The van der Waals surface area contributed by atoms with Crippen molar-refractivity contribution >= 4 is 23.5 Å². The van der Waals surface area contributed by atoms with Gasteiger partial charge in [0, 0.05) is 13.1 Å². The van der Waals surface area contributed by atoms with Crippen molar-refractivity contribution < 1.29 is 0 Å². The Morgan fingerprint density at radius 1 is 0.455 bits per heavy atom. The van der Waals surface area contributed by atoms with Crippen LogP contribution in [0.1, 0.15) is 142 Å². The lowest BCUT2D eigenvalue weighted by Crippen LogP contribution is -2.11. The molecule has 0 amide bonds. The van der Waals surface area contributed by atoms with Gasteiger partial charge in [-0.2, -0.15) is 15.0 Å². The maximum Gasteiger partial charge on any atom is 0.228 e. The molecule has 0 radical (unpaired) electrons. The fraction of sp³-hybridized carbons (Fsp3) is 0.889. The summed E-state index contributed by atoms with van der Waals surface area (Å²) in [4.78, 5) is 12.9. The summed E-state index contributed by atoms with van der Waals surface area (Å²) in [5.41, 5.74) is 0. The lowest BCUT2D eigenvalue weighted by molar-refractivity contribution is 0.559. The zero-order valence-electron chi connectivity index (χ0n) is 21.8. The van der Waals surface area contributed by atoms with Crippen LogP contribution in [0.4, 0.5) is 11.9 Å². The van der Waals surface area contributed by atoms with E-state index in [1.807, 2.05) is 0 Å². The monoisotopic (exact) mass is 481 g/mol. The summed E-state index contributed by atoms with van der Waals surface area (Å²) in [5.74, 6) is 1.16. The highest BCUT2D eigenvalue weighted by Crippen LogP contribution is 2.13. The van der Waals surface area contributed by atoms with Crippen molar-refractivity contribution in [1.82, 2.24) is 15.0 Å². The second-order valence-corrected chi connectivity index (χ2v) is 9.81. The Morgan fingerprint density at radius 3 is 1.09 bits per heavy atom. The summed E-state index contributed by atoms with van der Waals surface area (Å²) in [6, 6.07) is 0. The van der Waals surface area contributed by atoms with Crippen LogP contribution in [-0.4, -0.2) is 28.0 Å². The summed E-state index contributed by atoms with van der Waals surface area (Å²) in [6.07, 6.45) is 26.8. The molecule has 0 atom stereocenters. The fourth-order valence-electron chi connectivity index (χ4n) is 4.13. The number of halogens is 1. The van der Waals surface area contributed by atoms with Crippen LogP contribution < -0.4 is 10.6 Å². The Bertz CT molecular complexity index is 511. The van der Waals surface area contributed by atoms with Crippen molar-refractivity contribution in [3.8, 4) is 0 Å². The van der Waals surface area contributed by atoms with Gasteiger partial charge in [0.15, 0.2) is 0 Å². The predicted molar refractivity (Wildman–Crippen MR) is 146 cm³/mol. The van der Waals surface area contributed by atoms with Crippen LogP contribution in [0.2, 0.25) is 5.28 Å². The maximum atomic E-state index is 6.09. The number of nitrogens with one attached hydrogen (secondary N) is 2. The zero-order chi connectivity index (χ0) is 23.8. The highest BCUT2D eigenvalue weighted by atomic mass is 35.5. The number of anilines is 2. The Hall–Kier alpha value is -1.10. The molecule has 1 heterocycles. The van der Waals surface area contributed by atoms with Gasteiger partial charge in [0.1, 0.15) is 0 Å². The van der Waals surface area contributed by atoms with E-state index in [0.717, 1.165) is 25.9 Å². The molecule has 0 aliphatic carbocycles. The van der Waals surface area contributed by atoms with Gasteiger partial charge >= 0.3 is 0 Å². The molecule has 33 heavy (non-hydrogen) atoms. The Balaban J connectivity index is 2.02. The van der Waals surface area contributed by atoms with Gasteiger partial charge in [-0.3, -0.25) is 0 Å². The van der Waals surface area contributed by atoms with Crippen LogP contribution in [-0.2, 0) is 0 Å². The second-order valence-electron chi connectivity index (χ2n) is 9.47. The molecule has 0 saturated carbocycles. The summed E-state index contributed by atoms with van der Waals surface area (Å²) in [5, 5.41) is 6.87. The van der Waals surface area contributed by atoms with E-state index < -0.39 is 0 Å². The number of hydrogen-bond acceptors (Lipinski definition) is 5. The smallest absolute Gasteiger partial charge is 0.228 e. The van der Waals surface area contributed by atoms with Crippen molar-refractivity contribution in [3.05, 3.63) is 5.28 Å². The second kappa shape index (κ2) is 22.7. The predicted octanol–water partition coefficient (Wildman–Crippen LogP) is 9.19. The summed E-state index contributed by atoms with van der Waals surface area (Å²) < 4.78 is 0. The molecule has 0 aliphatic rings. The van der Waals surface area contributed by atoms with E-state index in [4.69, 9.17) is 11.6 Å². The Morgan fingerprint density at radius 2 is 0.758 bits per heavy atom. The largest absolute Gasteiger partial charge is 0.354 e. The van der Waals surface area contributed by atoms with Crippen LogP contribution in [0.25, 0.3) is 0 Å². The minimum absolute atomic E-state index is 0.251. The van der Waals surface area contributed by atoms with Crippen molar-refractivity contribution in [1.29, 1.82) is 0 Å². The first-order valence-corrected chi connectivity index (χ1v) is 14.5. The molecule has 1 aromatic heterocycles. The van der Waals surface area contributed by atoms with E-state index in [0.29, 0.717) is 11.9 Å². The summed E-state index contributed by atoms with van der Waals surface area (Å²) in [6.45, 7) is 6.31. The van der Waals surface area contributed by atoms with Gasteiger partial charge in [-0.15, -0.1) is 0 Å². The lowest BCUT2D eigenvalue weighted by Gasteiger charge is -2.08. The van der Waals surface area contributed by atoms with Crippen LogP contribution in [0.15, 0.2) is 0 Å². The molecule has 0 bridgehead atoms. The molecule has 1 aromatic rings. The number of aromatic nitrogens is 3. The van der Waals surface area contributed by atoms with Crippen LogP contribution >= 0.6 is 11.6 Å². The molecule has 6 heteroatoms. The first kappa shape index (κ1) is 29.9. The SMILES string of the molecule is CCCCCCCCCCCCNc1nc(Cl)nc(NCCCCCCCCCCCC)n1. The third-order valence-electron chi connectivity index (χ3n) is 6.24. The van der Waals surface area contributed by atoms with E-state index in [2.05, 4.69) is 39.4 Å². The van der Waals surface area contributed by atoms with E-state index in [1.165, 1.54) is 116 Å². The molecular weight excluding hydrogens is 430 g/mol. The first-order valence-electron chi connectivity index (χ1n) is 14.2. The summed E-state index contributed by atoms with van der Waals surface area (Å²) >= 11 is 6.09. The van der Waals surface area contributed by atoms with Gasteiger partial charge in [-0.05, 0) is 24.4 Å². The molecule has 0 fully saturated rings. The van der Waals surface area contributed by atoms with Gasteiger partial charge in [0.2, 0.25) is 17.2 Å². The van der Waals surface area contributed by atoms with Gasteiger partial charge in [-0.1, -0.05) is 129 Å². The number of hydrogen-bond donors (Lipinski definition) is 2. The quantitative estimate of drug-likeness (QED) is 0.144.